The van der Waals surface area contributed by atoms with Gasteiger partial charge in [0.1, 0.15) is 6.07 Å². The van der Waals surface area contributed by atoms with Crippen LogP contribution in [0.25, 0.3) is 0 Å². The van der Waals surface area contributed by atoms with Crippen LogP contribution in [0.4, 0.5) is 0 Å². The number of hydrogen-bond acceptors (Lipinski definition) is 3. The van der Waals surface area contributed by atoms with Gasteiger partial charge in [0.05, 0.1) is 0 Å². The summed E-state index contributed by atoms with van der Waals surface area (Å²) in [5.41, 5.74) is 0. The molecular formula is C6H9NO2. The van der Waals surface area contributed by atoms with Gasteiger partial charge in [0.2, 0.25) is 6.61 Å². The second kappa shape index (κ2) is 5.54. The third-order valence-electron chi connectivity index (χ3n) is 0.672. The Morgan fingerprint density at radius 3 is 2.78 bits per heavy atom. The molecule has 2 radical (unpaired) electrons. The van der Waals surface area contributed by atoms with Crippen molar-refractivity contribution in [3.63, 3.8) is 0 Å². The smallest absolute Gasteiger partial charge is 0.249 e. The lowest BCUT2D eigenvalue weighted by Crippen LogP contribution is -2.10. The standard InChI is InChI=1S/C6H9NO2/c1-3-8-6(2)9-5-4-7/h6H,3H2,1-2H3. The van der Waals surface area contributed by atoms with E-state index < -0.39 is 0 Å². The molecule has 0 amide bonds. The third kappa shape index (κ3) is 5.28. The van der Waals surface area contributed by atoms with Crippen molar-refractivity contribution in [3.05, 3.63) is 6.61 Å². The molecule has 3 heteroatoms. The molecule has 0 aliphatic rings. The molecule has 1 unspecified atom stereocenters. The summed E-state index contributed by atoms with van der Waals surface area (Å²) in [4.78, 5) is 0. The zero-order valence-electron chi connectivity index (χ0n) is 5.55. The fraction of sp³-hybridized carbons (Fsp3) is 0.667. The van der Waals surface area contributed by atoms with Crippen molar-refractivity contribution in [1.82, 2.24) is 0 Å². The van der Waals surface area contributed by atoms with Gasteiger partial charge in [-0.15, -0.1) is 0 Å². The van der Waals surface area contributed by atoms with Gasteiger partial charge in [-0.05, 0) is 13.8 Å². The van der Waals surface area contributed by atoms with Crippen LogP contribution in [-0.2, 0) is 9.47 Å². The first-order chi connectivity index (χ1) is 4.31. The van der Waals surface area contributed by atoms with E-state index in [1.807, 2.05) is 13.5 Å². The summed E-state index contributed by atoms with van der Waals surface area (Å²) in [7, 11) is 0. The second-order valence-electron chi connectivity index (χ2n) is 1.35. The maximum Gasteiger partial charge on any atom is 0.249 e. The van der Waals surface area contributed by atoms with Crippen LogP contribution in [0.3, 0.4) is 0 Å². The lowest BCUT2D eigenvalue weighted by atomic mass is 10.7. The van der Waals surface area contributed by atoms with Gasteiger partial charge in [-0.25, -0.2) is 0 Å². The maximum absolute atomic E-state index is 7.94. The first kappa shape index (κ1) is 8.41. The zero-order chi connectivity index (χ0) is 7.11. The van der Waals surface area contributed by atoms with Crippen LogP contribution >= 0.6 is 0 Å². The summed E-state index contributed by atoms with van der Waals surface area (Å²) in [6.07, 6.45) is -0.366. The zero-order valence-corrected chi connectivity index (χ0v) is 5.55. The van der Waals surface area contributed by atoms with Crippen LogP contribution in [-0.4, -0.2) is 12.9 Å². The Morgan fingerprint density at radius 2 is 2.33 bits per heavy atom. The Labute approximate surface area is 55.2 Å². The Morgan fingerprint density at radius 1 is 1.67 bits per heavy atom. The lowest BCUT2D eigenvalue weighted by molar-refractivity contribution is -0.0984. The molecule has 0 aromatic carbocycles. The van der Waals surface area contributed by atoms with Gasteiger partial charge >= 0.3 is 0 Å². The average Bonchev–Trinajstić information content (AvgIpc) is 1.85. The molecule has 0 aliphatic heterocycles. The van der Waals surface area contributed by atoms with Crippen LogP contribution in [0.1, 0.15) is 13.8 Å². The van der Waals surface area contributed by atoms with Gasteiger partial charge in [-0.3, -0.25) is 0 Å². The van der Waals surface area contributed by atoms with Gasteiger partial charge < -0.3 is 9.47 Å². The second-order valence-corrected chi connectivity index (χ2v) is 1.35. The molecule has 0 aromatic rings. The van der Waals surface area contributed by atoms with E-state index >= 15 is 0 Å². The molecule has 0 saturated carbocycles. The molecule has 0 heterocycles. The SMILES string of the molecule is CCOC(C)O[C]C#N. The highest BCUT2D eigenvalue weighted by molar-refractivity contribution is 4.81. The maximum atomic E-state index is 7.94. The summed E-state index contributed by atoms with van der Waals surface area (Å²) < 4.78 is 9.51. The van der Waals surface area contributed by atoms with Gasteiger partial charge in [0.25, 0.3) is 0 Å². The molecule has 50 valence electrons. The molecule has 3 nitrogen and oxygen atoms in total. The highest BCUT2D eigenvalue weighted by Crippen LogP contribution is 1.93. The Hall–Kier alpha value is -0.590. The number of nitriles is 1. The van der Waals surface area contributed by atoms with Gasteiger partial charge in [0, 0.05) is 6.61 Å². The van der Waals surface area contributed by atoms with E-state index in [1.165, 1.54) is 0 Å². The van der Waals surface area contributed by atoms with E-state index in [9.17, 15) is 0 Å². The molecule has 9 heavy (non-hydrogen) atoms. The predicted octanol–water partition coefficient (Wildman–Crippen LogP) is 0.948. The quantitative estimate of drug-likeness (QED) is 0.528. The summed E-state index contributed by atoms with van der Waals surface area (Å²) >= 11 is 0. The first-order valence-corrected chi connectivity index (χ1v) is 2.72. The number of rotatable bonds is 4. The molecule has 1 atom stereocenters. The van der Waals surface area contributed by atoms with Crippen LogP contribution in [0.15, 0.2) is 0 Å². The topological polar surface area (TPSA) is 42.2 Å². The number of ether oxygens (including phenoxy) is 2. The van der Waals surface area contributed by atoms with Crippen molar-refractivity contribution in [3.8, 4) is 6.07 Å². The van der Waals surface area contributed by atoms with Crippen LogP contribution in [0.2, 0.25) is 0 Å². The molecule has 0 fully saturated rings. The summed E-state index contributed by atoms with van der Waals surface area (Å²) in [5.74, 6) is 0. The van der Waals surface area contributed by atoms with Crippen LogP contribution in [0.5, 0.6) is 0 Å². The highest BCUT2D eigenvalue weighted by Gasteiger charge is 1.98. The Balaban J connectivity index is 3.07. The average molecular weight is 127 g/mol. The lowest BCUT2D eigenvalue weighted by Gasteiger charge is -2.07. The molecule has 0 bridgehead atoms. The highest BCUT2D eigenvalue weighted by atomic mass is 16.7. The van der Waals surface area contributed by atoms with E-state index in [2.05, 4.69) is 4.74 Å². The van der Waals surface area contributed by atoms with Gasteiger partial charge in [-0.1, -0.05) is 0 Å². The van der Waals surface area contributed by atoms with E-state index in [4.69, 9.17) is 10.00 Å². The van der Waals surface area contributed by atoms with Crippen molar-refractivity contribution in [2.24, 2.45) is 0 Å². The Bertz CT molecular complexity index is 97.7. The minimum absolute atomic E-state index is 0.366. The first-order valence-electron chi connectivity index (χ1n) is 2.72. The fourth-order valence-electron chi connectivity index (χ4n) is 0.378. The van der Waals surface area contributed by atoms with E-state index in [0.29, 0.717) is 6.61 Å². The third-order valence-corrected chi connectivity index (χ3v) is 0.672. The van der Waals surface area contributed by atoms with Crippen LogP contribution in [0, 0.1) is 17.9 Å². The molecule has 0 aromatic heterocycles. The molecule has 0 aliphatic carbocycles. The van der Waals surface area contributed by atoms with Gasteiger partial charge in [-0.2, -0.15) is 5.26 Å². The molecular weight excluding hydrogens is 118 g/mol. The number of hydrogen-bond donors (Lipinski definition) is 0. The van der Waals surface area contributed by atoms with Crippen molar-refractivity contribution in [2.75, 3.05) is 6.61 Å². The summed E-state index contributed by atoms with van der Waals surface area (Å²) in [5, 5.41) is 7.94. The summed E-state index contributed by atoms with van der Waals surface area (Å²) in [6.45, 7) is 6.15. The molecule has 0 spiro atoms. The fourth-order valence-corrected chi connectivity index (χ4v) is 0.378. The van der Waals surface area contributed by atoms with Crippen LogP contribution < -0.4 is 0 Å². The minimum atomic E-state index is -0.366. The van der Waals surface area contributed by atoms with Crippen molar-refractivity contribution in [2.45, 2.75) is 20.1 Å². The van der Waals surface area contributed by atoms with Gasteiger partial charge in [0.15, 0.2) is 6.29 Å². The minimum Gasteiger partial charge on any atom is -0.353 e. The van der Waals surface area contributed by atoms with Crippen molar-refractivity contribution < 1.29 is 9.47 Å². The normalized spacial score (nSPS) is 12.6. The predicted molar refractivity (Wildman–Crippen MR) is 31.0 cm³/mol. The van der Waals surface area contributed by atoms with Crippen molar-refractivity contribution >= 4 is 0 Å². The van der Waals surface area contributed by atoms with E-state index in [0.717, 1.165) is 0 Å². The van der Waals surface area contributed by atoms with E-state index in [1.54, 1.807) is 13.0 Å². The molecule has 0 saturated heterocycles. The molecule has 0 N–H and O–H groups in total. The Kier molecular flexibility index (Phi) is 5.18. The van der Waals surface area contributed by atoms with Crippen molar-refractivity contribution in [1.29, 1.82) is 5.26 Å². The monoisotopic (exact) mass is 127 g/mol. The largest absolute Gasteiger partial charge is 0.353 e. The number of nitrogens with zero attached hydrogens (tertiary/aromatic N) is 1. The summed E-state index contributed by atoms with van der Waals surface area (Å²) in [6, 6.07) is 1.60. The van der Waals surface area contributed by atoms with E-state index in [-0.39, 0.29) is 6.29 Å². The molecule has 0 rings (SSSR count).